The summed E-state index contributed by atoms with van der Waals surface area (Å²) in [6.45, 7) is 8.92. The number of rotatable bonds is 10. The maximum Gasteiger partial charge on any atom is 0.319 e. The molecule has 0 spiro atoms. The van der Waals surface area contributed by atoms with E-state index in [4.69, 9.17) is 0 Å². The third kappa shape index (κ3) is 9.27. The Kier molecular flexibility index (Phi) is 9.51. The number of benzene rings is 1. The van der Waals surface area contributed by atoms with E-state index in [0.717, 1.165) is 30.6 Å². The van der Waals surface area contributed by atoms with Crippen LogP contribution in [0, 0.1) is 5.41 Å². The van der Waals surface area contributed by atoms with E-state index in [1.165, 1.54) is 0 Å². The number of carbonyl (C=O) groups excluding carboxylic acids is 2. The van der Waals surface area contributed by atoms with Crippen molar-refractivity contribution in [1.82, 2.24) is 21.3 Å². The number of hydrogen-bond acceptors (Lipinski definition) is 3. The van der Waals surface area contributed by atoms with Crippen LogP contribution in [0.25, 0.3) is 0 Å². The van der Waals surface area contributed by atoms with Crippen molar-refractivity contribution in [3.63, 3.8) is 0 Å². The Hall–Kier alpha value is -2.28. The summed E-state index contributed by atoms with van der Waals surface area (Å²) < 4.78 is 0. The Bertz CT molecular complexity index is 558. The van der Waals surface area contributed by atoms with Gasteiger partial charge in [-0.3, -0.25) is 0 Å². The first-order valence-corrected chi connectivity index (χ1v) is 9.16. The lowest BCUT2D eigenvalue weighted by Crippen LogP contribution is -2.36. The summed E-state index contributed by atoms with van der Waals surface area (Å²) in [6, 6.07) is 7.03. The highest BCUT2D eigenvalue weighted by Gasteiger charge is 2.15. The molecule has 5 N–H and O–H groups in total. The van der Waals surface area contributed by atoms with Crippen LogP contribution in [-0.4, -0.2) is 38.7 Å². The number of urea groups is 2. The van der Waals surface area contributed by atoms with Crippen LogP contribution < -0.4 is 26.6 Å². The van der Waals surface area contributed by atoms with Gasteiger partial charge in [-0.2, -0.15) is 0 Å². The molecular weight excluding hydrogens is 330 g/mol. The normalized spacial score (nSPS) is 10.9. The third-order valence-electron chi connectivity index (χ3n) is 4.24. The minimum atomic E-state index is -0.210. The summed E-state index contributed by atoms with van der Waals surface area (Å²) in [5.74, 6) is 0. The van der Waals surface area contributed by atoms with Gasteiger partial charge >= 0.3 is 12.1 Å². The van der Waals surface area contributed by atoms with Crippen molar-refractivity contribution in [2.24, 2.45) is 5.41 Å². The van der Waals surface area contributed by atoms with Gasteiger partial charge in [0.15, 0.2) is 0 Å². The lowest BCUT2D eigenvalue weighted by Gasteiger charge is -2.22. The van der Waals surface area contributed by atoms with Crippen molar-refractivity contribution in [2.75, 3.05) is 32.0 Å². The molecule has 0 heterocycles. The van der Waals surface area contributed by atoms with Gasteiger partial charge in [0.2, 0.25) is 0 Å². The van der Waals surface area contributed by atoms with E-state index in [2.05, 4.69) is 47.4 Å². The van der Waals surface area contributed by atoms with Crippen LogP contribution in [-0.2, 0) is 6.54 Å². The largest absolute Gasteiger partial charge is 0.338 e. The zero-order valence-electron chi connectivity index (χ0n) is 16.4. The molecule has 0 aliphatic carbocycles. The molecule has 0 aliphatic rings. The number of nitrogens with one attached hydrogen (secondary N) is 5. The van der Waals surface area contributed by atoms with E-state index >= 15 is 0 Å². The van der Waals surface area contributed by atoms with Crippen LogP contribution in [0.2, 0.25) is 0 Å². The zero-order valence-corrected chi connectivity index (χ0v) is 16.4. The Morgan fingerprint density at radius 1 is 0.962 bits per heavy atom. The van der Waals surface area contributed by atoms with Gasteiger partial charge in [-0.05, 0) is 49.5 Å². The molecule has 26 heavy (non-hydrogen) atoms. The molecule has 1 rings (SSSR count). The lowest BCUT2D eigenvalue weighted by atomic mass is 9.90. The van der Waals surface area contributed by atoms with E-state index in [0.29, 0.717) is 19.6 Å². The predicted octanol–water partition coefficient (Wildman–Crippen LogP) is 2.65. The quantitative estimate of drug-likeness (QED) is 0.414. The van der Waals surface area contributed by atoms with Gasteiger partial charge in [0, 0.05) is 25.3 Å². The summed E-state index contributed by atoms with van der Waals surface area (Å²) in [5.41, 5.74) is 1.77. The van der Waals surface area contributed by atoms with Gasteiger partial charge in [-0.25, -0.2) is 9.59 Å². The Morgan fingerprint density at radius 3 is 2.27 bits per heavy atom. The fourth-order valence-corrected chi connectivity index (χ4v) is 2.04. The van der Waals surface area contributed by atoms with E-state index < -0.39 is 0 Å². The molecule has 0 fully saturated rings. The molecule has 146 valence electrons. The summed E-state index contributed by atoms with van der Waals surface area (Å²) >= 11 is 0. The molecule has 7 nitrogen and oxygen atoms in total. The van der Waals surface area contributed by atoms with Crippen LogP contribution in [0.5, 0.6) is 0 Å². The fourth-order valence-electron chi connectivity index (χ4n) is 2.04. The van der Waals surface area contributed by atoms with E-state index in [-0.39, 0.29) is 17.5 Å². The first kappa shape index (κ1) is 21.8. The van der Waals surface area contributed by atoms with Crippen molar-refractivity contribution in [3.8, 4) is 0 Å². The molecule has 0 unspecified atom stereocenters. The van der Waals surface area contributed by atoms with Crippen LogP contribution in [0.4, 0.5) is 15.3 Å². The zero-order chi connectivity index (χ0) is 19.4. The molecule has 7 heteroatoms. The second-order valence-electron chi connectivity index (χ2n) is 7.09. The van der Waals surface area contributed by atoms with Gasteiger partial charge in [0.25, 0.3) is 0 Å². The highest BCUT2D eigenvalue weighted by molar-refractivity contribution is 5.89. The molecule has 1 aromatic rings. The van der Waals surface area contributed by atoms with E-state index in [9.17, 15) is 9.59 Å². The van der Waals surface area contributed by atoms with Crippen molar-refractivity contribution >= 4 is 17.7 Å². The number of amides is 4. The molecular formula is C19H33N5O2. The molecule has 0 aliphatic heterocycles. The van der Waals surface area contributed by atoms with Crippen molar-refractivity contribution in [1.29, 1.82) is 0 Å². The highest BCUT2D eigenvalue weighted by Crippen LogP contribution is 2.17. The summed E-state index contributed by atoms with van der Waals surface area (Å²) in [4.78, 5) is 23.6. The van der Waals surface area contributed by atoms with E-state index in [1.54, 1.807) is 0 Å². The lowest BCUT2D eigenvalue weighted by molar-refractivity contribution is 0.240. The first-order valence-electron chi connectivity index (χ1n) is 9.16. The SMILES string of the molecule is CCC(C)(C)CNC(=O)Nc1ccc(CNC(=O)NCCCNC)cc1. The smallest absolute Gasteiger partial charge is 0.319 e. The molecule has 0 aromatic heterocycles. The molecule has 1 aromatic carbocycles. The number of hydrogen-bond donors (Lipinski definition) is 5. The van der Waals surface area contributed by atoms with Crippen LogP contribution in [0.3, 0.4) is 0 Å². The van der Waals surface area contributed by atoms with E-state index in [1.807, 2.05) is 31.3 Å². The van der Waals surface area contributed by atoms with Gasteiger partial charge < -0.3 is 26.6 Å². The van der Waals surface area contributed by atoms with Gasteiger partial charge in [-0.1, -0.05) is 32.9 Å². The second kappa shape index (κ2) is 11.4. The standard InChI is InChI=1S/C19H33N5O2/c1-5-19(2,3)14-23-18(26)24-16-9-7-15(8-10-16)13-22-17(25)21-12-6-11-20-4/h7-10,20H,5-6,11-14H2,1-4H3,(H2,21,22,25)(H2,23,24,26). The van der Waals surface area contributed by atoms with Gasteiger partial charge in [0.1, 0.15) is 0 Å². The first-order chi connectivity index (χ1) is 12.4. The Morgan fingerprint density at radius 2 is 1.65 bits per heavy atom. The van der Waals surface area contributed by atoms with Crippen LogP contribution in [0.1, 0.15) is 39.2 Å². The molecule has 0 saturated carbocycles. The fraction of sp³-hybridized carbons (Fsp3) is 0.579. The topological polar surface area (TPSA) is 94.3 Å². The number of carbonyl (C=O) groups is 2. The Labute approximate surface area is 156 Å². The minimum absolute atomic E-state index is 0.0838. The highest BCUT2D eigenvalue weighted by atomic mass is 16.2. The minimum Gasteiger partial charge on any atom is -0.338 e. The van der Waals surface area contributed by atoms with Gasteiger partial charge in [-0.15, -0.1) is 0 Å². The third-order valence-corrected chi connectivity index (χ3v) is 4.24. The van der Waals surface area contributed by atoms with Gasteiger partial charge in [0.05, 0.1) is 0 Å². The maximum atomic E-state index is 11.9. The van der Waals surface area contributed by atoms with Crippen LogP contribution in [0.15, 0.2) is 24.3 Å². The predicted molar refractivity (Wildman–Crippen MR) is 106 cm³/mol. The Balaban J connectivity index is 2.32. The monoisotopic (exact) mass is 363 g/mol. The number of anilines is 1. The summed E-state index contributed by atoms with van der Waals surface area (Å²) in [7, 11) is 1.88. The maximum absolute atomic E-state index is 11.9. The second-order valence-corrected chi connectivity index (χ2v) is 7.09. The molecule has 0 saturated heterocycles. The summed E-state index contributed by atoms with van der Waals surface area (Å²) in [5, 5.41) is 14.3. The summed E-state index contributed by atoms with van der Waals surface area (Å²) in [6.07, 6.45) is 1.89. The molecule has 4 amide bonds. The average molecular weight is 364 g/mol. The average Bonchev–Trinajstić information content (AvgIpc) is 2.63. The van der Waals surface area contributed by atoms with Crippen molar-refractivity contribution in [2.45, 2.75) is 40.2 Å². The molecule has 0 bridgehead atoms. The van der Waals surface area contributed by atoms with Crippen LogP contribution >= 0.6 is 0 Å². The molecule has 0 radical (unpaired) electrons. The van der Waals surface area contributed by atoms with Crippen molar-refractivity contribution < 1.29 is 9.59 Å². The van der Waals surface area contributed by atoms with Crippen molar-refractivity contribution in [3.05, 3.63) is 29.8 Å². The molecule has 0 atom stereocenters.